The van der Waals surface area contributed by atoms with E-state index in [4.69, 9.17) is 5.73 Å². The number of H-pyrrole nitrogens is 1. The third kappa shape index (κ3) is 2.79. The van der Waals surface area contributed by atoms with E-state index in [1.807, 2.05) is 0 Å². The number of pyridine rings is 1. The Labute approximate surface area is 136 Å². The number of nitrogens with two attached hydrogens (primary N) is 1. The van der Waals surface area contributed by atoms with Crippen molar-refractivity contribution >= 4 is 28.3 Å². The van der Waals surface area contributed by atoms with Gasteiger partial charge in [0, 0.05) is 29.4 Å². The molecule has 2 heterocycles. The van der Waals surface area contributed by atoms with Crippen LogP contribution in [0.25, 0.3) is 11.0 Å². The van der Waals surface area contributed by atoms with Crippen molar-refractivity contribution in [3.63, 3.8) is 0 Å². The first-order chi connectivity index (χ1) is 11.5. The van der Waals surface area contributed by atoms with Gasteiger partial charge in [0.05, 0.1) is 22.2 Å². The number of carbonyl (C=O) groups excluding carboxylic acids is 1. The highest BCUT2D eigenvalue weighted by atomic mass is 16.6. The summed E-state index contributed by atoms with van der Waals surface area (Å²) in [6.07, 6.45) is 3.07. The Morgan fingerprint density at radius 3 is 2.92 bits per heavy atom. The summed E-state index contributed by atoms with van der Waals surface area (Å²) in [5.74, 6) is -0.469. The SMILES string of the molecule is CC(N)c1ccc(C(=O)Nc2ccnc3[nH]ncc23)cc1[N+](=O)[O-]. The van der Waals surface area contributed by atoms with Crippen molar-refractivity contribution in [1.82, 2.24) is 15.2 Å². The average molecular weight is 326 g/mol. The van der Waals surface area contributed by atoms with Crippen LogP contribution in [0.4, 0.5) is 11.4 Å². The van der Waals surface area contributed by atoms with Crippen LogP contribution in [0.15, 0.2) is 36.7 Å². The molecular weight excluding hydrogens is 312 g/mol. The lowest BCUT2D eigenvalue weighted by atomic mass is 10.0. The van der Waals surface area contributed by atoms with Gasteiger partial charge in [0.2, 0.25) is 0 Å². The summed E-state index contributed by atoms with van der Waals surface area (Å²) < 4.78 is 0. The van der Waals surface area contributed by atoms with E-state index >= 15 is 0 Å². The van der Waals surface area contributed by atoms with E-state index < -0.39 is 16.9 Å². The third-order valence-corrected chi connectivity index (χ3v) is 3.58. The lowest BCUT2D eigenvalue weighted by Crippen LogP contribution is -2.14. The molecule has 0 aliphatic carbocycles. The standard InChI is InChI=1S/C15H14N6O3/c1-8(16)10-3-2-9(6-13(10)21(23)24)15(22)19-12-4-5-17-14-11(12)7-18-20-14/h2-8H,16H2,1H3,(H2,17,18,19,20,22). The molecule has 0 aliphatic heterocycles. The Hall–Kier alpha value is -3.33. The smallest absolute Gasteiger partial charge is 0.274 e. The minimum absolute atomic E-state index is 0.166. The van der Waals surface area contributed by atoms with Gasteiger partial charge in [-0.3, -0.25) is 20.0 Å². The van der Waals surface area contributed by atoms with Crippen LogP contribution < -0.4 is 11.1 Å². The number of nitro groups is 1. The number of carbonyl (C=O) groups is 1. The van der Waals surface area contributed by atoms with Crippen LogP contribution >= 0.6 is 0 Å². The molecule has 0 aliphatic rings. The van der Waals surface area contributed by atoms with Crippen LogP contribution in [-0.2, 0) is 0 Å². The van der Waals surface area contributed by atoms with E-state index in [1.165, 1.54) is 24.4 Å². The van der Waals surface area contributed by atoms with Gasteiger partial charge in [-0.2, -0.15) is 5.10 Å². The summed E-state index contributed by atoms with van der Waals surface area (Å²) in [6.45, 7) is 1.65. The Bertz CT molecular complexity index is 934. The fourth-order valence-electron chi connectivity index (χ4n) is 2.38. The van der Waals surface area contributed by atoms with Gasteiger partial charge >= 0.3 is 0 Å². The number of hydrogen-bond acceptors (Lipinski definition) is 6. The molecule has 9 heteroatoms. The lowest BCUT2D eigenvalue weighted by Gasteiger charge is -2.09. The van der Waals surface area contributed by atoms with Crippen LogP contribution in [0.5, 0.6) is 0 Å². The minimum Gasteiger partial charge on any atom is -0.324 e. The molecule has 1 unspecified atom stereocenters. The molecule has 0 saturated heterocycles. The first-order valence-corrected chi connectivity index (χ1v) is 7.10. The molecule has 0 saturated carbocycles. The van der Waals surface area contributed by atoms with Crippen LogP contribution in [0.2, 0.25) is 0 Å². The van der Waals surface area contributed by atoms with Crippen LogP contribution in [0.3, 0.4) is 0 Å². The number of nitro benzene ring substituents is 1. The monoisotopic (exact) mass is 326 g/mol. The topological polar surface area (TPSA) is 140 Å². The minimum atomic E-state index is -0.545. The summed E-state index contributed by atoms with van der Waals surface area (Å²) in [4.78, 5) is 27.1. The summed E-state index contributed by atoms with van der Waals surface area (Å²) >= 11 is 0. The normalized spacial score (nSPS) is 12.1. The fraction of sp³-hybridized carbons (Fsp3) is 0.133. The van der Waals surface area contributed by atoms with Gasteiger partial charge in [-0.15, -0.1) is 0 Å². The number of hydrogen-bond donors (Lipinski definition) is 3. The van der Waals surface area contributed by atoms with Gasteiger partial charge in [0.25, 0.3) is 11.6 Å². The van der Waals surface area contributed by atoms with Gasteiger partial charge in [-0.25, -0.2) is 4.98 Å². The number of aromatic nitrogens is 3. The van der Waals surface area contributed by atoms with Crippen LogP contribution in [0, 0.1) is 10.1 Å². The molecule has 3 rings (SSSR count). The molecule has 3 aromatic rings. The first kappa shape index (κ1) is 15.6. The van der Waals surface area contributed by atoms with E-state index in [-0.39, 0.29) is 11.3 Å². The molecule has 0 fully saturated rings. The lowest BCUT2D eigenvalue weighted by molar-refractivity contribution is -0.385. The highest BCUT2D eigenvalue weighted by Gasteiger charge is 2.20. The zero-order chi connectivity index (χ0) is 17.3. The number of nitrogens with one attached hydrogen (secondary N) is 2. The van der Waals surface area contributed by atoms with Gasteiger partial charge in [-0.05, 0) is 25.1 Å². The number of anilines is 1. The molecule has 2 aromatic heterocycles. The Balaban J connectivity index is 1.94. The van der Waals surface area contributed by atoms with Gasteiger partial charge in [-0.1, -0.05) is 0 Å². The molecule has 122 valence electrons. The number of amides is 1. The zero-order valence-corrected chi connectivity index (χ0v) is 12.7. The van der Waals surface area contributed by atoms with E-state index in [2.05, 4.69) is 20.5 Å². The van der Waals surface area contributed by atoms with E-state index in [0.717, 1.165) is 0 Å². The molecule has 0 bridgehead atoms. The van der Waals surface area contributed by atoms with Crippen molar-refractivity contribution in [3.05, 3.63) is 57.9 Å². The highest BCUT2D eigenvalue weighted by molar-refractivity contribution is 6.08. The van der Waals surface area contributed by atoms with Gasteiger partial charge < -0.3 is 11.1 Å². The predicted octanol–water partition coefficient (Wildman–Crippen LogP) is 2.14. The van der Waals surface area contributed by atoms with E-state index in [9.17, 15) is 14.9 Å². The van der Waals surface area contributed by atoms with Crippen molar-refractivity contribution in [2.24, 2.45) is 5.73 Å². The molecule has 0 radical (unpaired) electrons. The maximum Gasteiger partial charge on any atom is 0.274 e. The second-order valence-electron chi connectivity index (χ2n) is 5.26. The molecule has 1 aromatic carbocycles. The van der Waals surface area contributed by atoms with E-state index in [0.29, 0.717) is 22.3 Å². The predicted molar refractivity (Wildman–Crippen MR) is 87.5 cm³/mol. The third-order valence-electron chi connectivity index (χ3n) is 3.58. The number of nitrogens with zero attached hydrogens (tertiary/aromatic N) is 3. The summed E-state index contributed by atoms with van der Waals surface area (Å²) in [6, 6.07) is 5.35. The summed E-state index contributed by atoms with van der Waals surface area (Å²) in [7, 11) is 0. The number of aromatic amines is 1. The fourth-order valence-corrected chi connectivity index (χ4v) is 2.38. The summed E-state index contributed by atoms with van der Waals surface area (Å²) in [5.41, 5.74) is 7.13. The Morgan fingerprint density at radius 1 is 1.42 bits per heavy atom. The molecule has 9 nitrogen and oxygen atoms in total. The van der Waals surface area contributed by atoms with Crippen molar-refractivity contribution in [3.8, 4) is 0 Å². The van der Waals surface area contributed by atoms with Gasteiger partial charge in [0.1, 0.15) is 0 Å². The number of benzene rings is 1. The zero-order valence-electron chi connectivity index (χ0n) is 12.7. The Kier molecular flexibility index (Phi) is 3.92. The van der Waals surface area contributed by atoms with Crippen molar-refractivity contribution in [1.29, 1.82) is 0 Å². The molecule has 1 atom stereocenters. The second-order valence-corrected chi connectivity index (χ2v) is 5.26. The highest BCUT2D eigenvalue weighted by Crippen LogP contribution is 2.26. The number of fused-ring (bicyclic) bond motifs is 1. The van der Waals surface area contributed by atoms with E-state index in [1.54, 1.807) is 19.2 Å². The van der Waals surface area contributed by atoms with Gasteiger partial charge in [0.15, 0.2) is 5.65 Å². The maximum absolute atomic E-state index is 12.4. The van der Waals surface area contributed by atoms with Crippen LogP contribution in [-0.4, -0.2) is 26.0 Å². The average Bonchev–Trinajstić information content (AvgIpc) is 3.03. The largest absolute Gasteiger partial charge is 0.324 e. The van der Waals surface area contributed by atoms with Crippen molar-refractivity contribution in [2.45, 2.75) is 13.0 Å². The molecule has 4 N–H and O–H groups in total. The number of rotatable bonds is 4. The van der Waals surface area contributed by atoms with Crippen LogP contribution in [0.1, 0.15) is 28.9 Å². The van der Waals surface area contributed by atoms with Crippen molar-refractivity contribution in [2.75, 3.05) is 5.32 Å². The maximum atomic E-state index is 12.4. The Morgan fingerprint density at radius 2 is 2.21 bits per heavy atom. The molecular formula is C15H14N6O3. The summed E-state index contributed by atoms with van der Waals surface area (Å²) in [5, 5.41) is 21.1. The second kappa shape index (κ2) is 6.05. The van der Waals surface area contributed by atoms with Crippen molar-refractivity contribution < 1.29 is 9.72 Å². The molecule has 24 heavy (non-hydrogen) atoms. The molecule has 1 amide bonds. The quantitative estimate of drug-likeness (QED) is 0.495. The first-order valence-electron chi connectivity index (χ1n) is 7.10. The molecule has 0 spiro atoms.